The molecule has 33 heavy (non-hydrogen) atoms. The quantitative estimate of drug-likeness (QED) is 0.352. The van der Waals surface area contributed by atoms with E-state index in [4.69, 9.17) is 44.3 Å². The number of aliphatic imine (C=N–C) groups is 1. The van der Waals surface area contributed by atoms with Crippen LogP contribution in [0.2, 0.25) is 15.1 Å². The number of hydrogen-bond acceptors (Lipinski definition) is 5. The number of hydrogen-bond donors (Lipinski definition) is 1. The molecule has 0 bridgehead atoms. The summed E-state index contributed by atoms with van der Waals surface area (Å²) in [6.07, 6.45) is 1.71. The average Bonchev–Trinajstić information content (AvgIpc) is 3.15. The highest BCUT2D eigenvalue weighted by atomic mass is 35.5. The topological polar surface area (TPSA) is 59.9 Å². The minimum absolute atomic E-state index is 0.281. The first-order valence-electron chi connectivity index (χ1n) is 9.72. The first kappa shape index (κ1) is 23.5. The van der Waals surface area contributed by atoms with Crippen molar-refractivity contribution in [1.82, 2.24) is 5.32 Å². The zero-order valence-corrected chi connectivity index (χ0v) is 20.4. The number of ether oxygens (including phenoxy) is 2. The van der Waals surface area contributed by atoms with Gasteiger partial charge in [-0.05, 0) is 53.2 Å². The van der Waals surface area contributed by atoms with Gasteiger partial charge >= 0.3 is 0 Å². The van der Waals surface area contributed by atoms with E-state index < -0.39 is 0 Å². The van der Waals surface area contributed by atoms with E-state index in [0.717, 1.165) is 5.56 Å². The Balaban J connectivity index is 1.56. The van der Waals surface area contributed by atoms with Crippen LogP contribution in [0.25, 0.3) is 6.08 Å². The van der Waals surface area contributed by atoms with E-state index in [9.17, 15) is 4.79 Å². The van der Waals surface area contributed by atoms with E-state index in [1.54, 1.807) is 36.4 Å². The molecule has 0 saturated carbocycles. The highest BCUT2D eigenvalue weighted by molar-refractivity contribution is 8.18. The van der Waals surface area contributed by atoms with Crippen LogP contribution in [-0.4, -0.2) is 18.2 Å². The number of carbonyl (C=O) groups excluding carboxylic acids is 1. The first-order chi connectivity index (χ1) is 15.9. The van der Waals surface area contributed by atoms with Gasteiger partial charge in [-0.15, -0.1) is 0 Å². The van der Waals surface area contributed by atoms with Crippen molar-refractivity contribution < 1.29 is 14.3 Å². The number of benzene rings is 3. The molecule has 3 aromatic carbocycles. The molecule has 0 unspecified atom stereocenters. The van der Waals surface area contributed by atoms with Gasteiger partial charge in [0.1, 0.15) is 6.61 Å². The predicted octanol–water partition coefficient (Wildman–Crippen LogP) is 7.13. The maximum absolute atomic E-state index is 12.5. The van der Waals surface area contributed by atoms with Crippen LogP contribution in [0.5, 0.6) is 11.5 Å². The lowest BCUT2D eigenvalue weighted by Gasteiger charge is -2.13. The smallest absolute Gasteiger partial charge is 0.264 e. The Morgan fingerprint density at radius 2 is 1.82 bits per heavy atom. The summed E-state index contributed by atoms with van der Waals surface area (Å²) < 4.78 is 11.4. The van der Waals surface area contributed by atoms with Gasteiger partial charge in [0.05, 0.1) is 32.8 Å². The molecule has 0 aromatic heterocycles. The molecule has 0 atom stereocenters. The van der Waals surface area contributed by atoms with E-state index in [2.05, 4.69) is 10.3 Å². The number of amidine groups is 1. The molecule has 1 amide bonds. The number of halogens is 3. The van der Waals surface area contributed by atoms with Crippen molar-refractivity contribution in [3.63, 3.8) is 0 Å². The van der Waals surface area contributed by atoms with Crippen LogP contribution in [0.3, 0.4) is 0 Å². The molecule has 1 aliphatic heterocycles. The zero-order valence-electron chi connectivity index (χ0n) is 17.3. The second-order valence-electron chi connectivity index (χ2n) is 6.86. The van der Waals surface area contributed by atoms with Gasteiger partial charge in [-0.3, -0.25) is 4.79 Å². The molecule has 1 N–H and O–H groups in total. The third kappa shape index (κ3) is 5.65. The van der Waals surface area contributed by atoms with Crippen LogP contribution in [0.4, 0.5) is 5.69 Å². The van der Waals surface area contributed by atoms with Gasteiger partial charge in [-0.1, -0.05) is 71.2 Å². The molecular weight excluding hydrogens is 503 g/mol. The second-order valence-corrected chi connectivity index (χ2v) is 9.09. The van der Waals surface area contributed by atoms with Gasteiger partial charge in [0.25, 0.3) is 5.91 Å². The van der Waals surface area contributed by atoms with Gasteiger partial charge in [0.2, 0.25) is 0 Å². The molecule has 0 spiro atoms. The Morgan fingerprint density at radius 1 is 1.03 bits per heavy atom. The molecule has 3 aromatic rings. The summed E-state index contributed by atoms with van der Waals surface area (Å²) >= 11 is 19.9. The largest absolute Gasteiger partial charge is 0.493 e. The van der Waals surface area contributed by atoms with E-state index in [1.165, 1.54) is 18.9 Å². The van der Waals surface area contributed by atoms with Gasteiger partial charge < -0.3 is 14.8 Å². The number of carbonyl (C=O) groups is 1. The van der Waals surface area contributed by atoms with Crippen LogP contribution >= 0.6 is 46.6 Å². The summed E-state index contributed by atoms with van der Waals surface area (Å²) in [7, 11) is 1.54. The van der Waals surface area contributed by atoms with E-state index in [1.807, 2.05) is 30.3 Å². The van der Waals surface area contributed by atoms with Gasteiger partial charge in [0, 0.05) is 0 Å². The predicted molar refractivity (Wildman–Crippen MR) is 136 cm³/mol. The van der Waals surface area contributed by atoms with E-state index in [-0.39, 0.29) is 5.91 Å². The van der Waals surface area contributed by atoms with Crippen molar-refractivity contribution in [2.24, 2.45) is 4.99 Å². The highest BCUT2D eigenvalue weighted by Crippen LogP contribution is 2.39. The summed E-state index contributed by atoms with van der Waals surface area (Å²) in [5.74, 6) is 0.622. The average molecular weight is 520 g/mol. The van der Waals surface area contributed by atoms with Crippen molar-refractivity contribution in [2.45, 2.75) is 6.61 Å². The summed E-state index contributed by atoms with van der Waals surface area (Å²) in [5.41, 5.74) is 2.16. The number of nitrogens with zero attached hydrogens (tertiary/aromatic N) is 1. The lowest BCUT2D eigenvalue weighted by Crippen LogP contribution is -2.19. The van der Waals surface area contributed by atoms with Crippen LogP contribution in [-0.2, 0) is 11.4 Å². The van der Waals surface area contributed by atoms with Crippen LogP contribution in [0, 0.1) is 0 Å². The van der Waals surface area contributed by atoms with Crippen molar-refractivity contribution in [3.05, 3.63) is 91.8 Å². The molecule has 1 saturated heterocycles. The summed E-state index contributed by atoms with van der Waals surface area (Å²) in [4.78, 5) is 17.3. The Morgan fingerprint density at radius 3 is 2.58 bits per heavy atom. The number of nitrogens with one attached hydrogen (secondary N) is 1. The maximum Gasteiger partial charge on any atom is 0.264 e. The molecule has 5 nitrogen and oxygen atoms in total. The van der Waals surface area contributed by atoms with Crippen LogP contribution in [0.15, 0.2) is 70.6 Å². The third-order valence-electron chi connectivity index (χ3n) is 4.58. The molecule has 1 aliphatic rings. The van der Waals surface area contributed by atoms with Crippen molar-refractivity contribution in [1.29, 1.82) is 0 Å². The Bertz CT molecular complexity index is 1260. The van der Waals surface area contributed by atoms with E-state index >= 15 is 0 Å². The fourth-order valence-corrected chi connectivity index (χ4v) is 4.46. The molecule has 168 valence electrons. The minimum Gasteiger partial charge on any atom is -0.493 e. The highest BCUT2D eigenvalue weighted by Gasteiger charge is 2.24. The number of methoxy groups -OCH3 is 1. The normalized spacial score (nSPS) is 15.7. The number of thioether (sulfide) groups is 1. The first-order valence-corrected chi connectivity index (χ1v) is 11.7. The molecular formula is C24H17Cl3N2O3S. The molecule has 4 rings (SSSR count). The molecule has 9 heteroatoms. The zero-order chi connectivity index (χ0) is 23.4. The van der Waals surface area contributed by atoms with Crippen LogP contribution in [0.1, 0.15) is 11.1 Å². The van der Waals surface area contributed by atoms with Gasteiger partial charge in [0.15, 0.2) is 16.7 Å². The third-order valence-corrected chi connectivity index (χ3v) is 6.58. The summed E-state index contributed by atoms with van der Waals surface area (Å²) in [5, 5.41) is 4.21. The fraction of sp³-hybridized carbons (Fsp3) is 0.0833. The van der Waals surface area contributed by atoms with Crippen molar-refractivity contribution in [3.8, 4) is 11.5 Å². The molecule has 1 heterocycles. The lowest BCUT2D eigenvalue weighted by molar-refractivity contribution is -0.115. The second kappa shape index (κ2) is 10.5. The maximum atomic E-state index is 12.5. The standard InChI is InChI=1S/C24H17Cl3N2O3S/c1-31-19-11-15(10-17(26)22(19)32-13-14-6-3-2-4-7-14)12-20-23(30)29-24(33-20)28-18-9-5-8-16(25)21(18)27/h2-12H,13H2,1H3,(H,28,29,30)/b20-12+. The monoisotopic (exact) mass is 518 g/mol. The Hall–Kier alpha value is -2.64. The summed E-state index contributed by atoms with van der Waals surface area (Å²) in [6.45, 7) is 0.349. The SMILES string of the molecule is COc1cc(/C=C2/SC(=Nc3cccc(Cl)c3Cl)NC2=O)cc(Cl)c1OCc1ccccc1. The van der Waals surface area contributed by atoms with Crippen molar-refractivity contribution >= 4 is 69.4 Å². The molecule has 0 aliphatic carbocycles. The minimum atomic E-state index is -0.281. The fourth-order valence-electron chi connectivity index (χ4n) is 3.01. The Kier molecular flexibility index (Phi) is 7.50. The van der Waals surface area contributed by atoms with E-state index in [0.29, 0.717) is 54.5 Å². The van der Waals surface area contributed by atoms with Gasteiger partial charge in [-0.25, -0.2) is 4.99 Å². The molecule has 0 radical (unpaired) electrons. The van der Waals surface area contributed by atoms with Crippen molar-refractivity contribution in [2.75, 3.05) is 7.11 Å². The van der Waals surface area contributed by atoms with Gasteiger partial charge in [-0.2, -0.15) is 0 Å². The lowest BCUT2D eigenvalue weighted by atomic mass is 10.1. The van der Waals surface area contributed by atoms with Crippen LogP contribution < -0.4 is 14.8 Å². The number of rotatable bonds is 6. The Labute approximate surface area is 210 Å². The molecule has 1 fully saturated rings. The number of amides is 1. The summed E-state index contributed by atoms with van der Waals surface area (Å²) in [6, 6.07) is 18.3.